The van der Waals surface area contributed by atoms with Gasteiger partial charge < -0.3 is 20.1 Å². The molecular weight excluding hydrogens is 216 g/mol. The van der Waals surface area contributed by atoms with E-state index in [0.717, 1.165) is 65.0 Å². The summed E-state index contributed by atoms with van der Waals surface area (Å²) in [5, 5.41) is 13.8. The third-order valence-electron chi connectivity index (χ3n) is 3.99. The van der Waals surface area contributed by atoms with Gasteiger partial charge in [0.2, 0.25) is 0 Å². The fraction of sp³-hybridized carbons (Fsp3) is 1.00. The summed E-state index contributed by atoms with van der Waals surface area (Å²) in [6.45, 7) is 7.76. The van der Waals surface area contributed by atoms with Gasteiger partial charge in [0.15, 0.2) is 0 Å². The first-order valence-corrected chi connectivity index (χ1v) is 6.99. The Hall–Kier alpha value is -0.160. The second kappa shape index (κ2) is 6.14. The number of aliphatic hydroxyl groups is 1. The highest BCUT2D eigenvalue weighted by molar-refractivity contribution is 4.88. The maximum Gasteiger partial charge on any atom is 0.0798 e. The van der Waals surface area contributed by atoms with Crippen LogP contribution in [0.2, 0.25) is 0 Å². The van der Waals surface area contributed by atoms with E-state index in [1.165, 1.54) is 0 Å². The van der Waals surface area contributed by atoms with Crippen LogP contribution in [0.3, 0.4) is 0 Å². The fourth-order valence-electron chi connectivity index (χ4n) is 2.94. The first kappa shape index (κ1) is 13.3. The number of β-amino-alcohol motifs (C(OH)–C–C–N with tert-alkyl or cyclic N) is 1. The topological polar surface area (TPSA) is 44.7 Å². The highest BCUT2D eigenvalue weighted by Crippen LogP contribution is 2.22. The average Bonchev–Trinajstić information content (AvgIpc) is 2.33. The van der Waals surface area contributed by atoms with Gasteiger partial charge in [0.25, 0.3) is 0 Å². The zero-order chi connectivity index (χ0) is 12.1. The van der Waals surface area contributed by atoms with Crippen molar-refractivity contribution >= 4 is 0 Å². The van der Waals surface area contributed by atoms with E-state index >= 15 is 0 Å². The molecule has 4 heteroatoms. The summed E-state index contributed by atoms with van der Waals surface area (Å²) in [7, 11) is 0. The van der Waals surface area contributed by atoms with Gasteiger partial charge in [0.05, 0.1) is 11.7 Å². The van der Waals surface area contributed by atoms with E-state index in [9.17, 15) is 5.11 Å². The zero-order valence-corrected chi connectivity index (χ0v) is 11.0. The van der Waals surface area contributed by atoms with Crippen molar-refractivity contribution in [2.24, 2.45) is 0 Å². The molecule has 2 N–H and O–H groups in total. The summed E-state index contributed by atoms with van der Waals surface area (Å²) in [6, 6.07) is 0. The predicted molar refractivity (Wildman–Crippen MR) is 68.1 cm³/mol. The van der Waals surface area contributed by atoms with Crippen molar-refractivity contribution in [2.45, 2.75) is 44.3 Å². The molecule has 0 unspecified atom stereocenters. The molecule has 0 aliphatic carbocycles. The lowest BCUT2D eigenvalue weighted by molar-refractivity contribution is -0.0433. The van der Waals surface area contributed by atoms with Gasteiger partial charge in [-0.25, -0.2) is 0 Å². The van der Waals surface area contributed by atoms with E-state index in [1.54, 1.807) is 0 Å². The van der Waals surface area contributed by atoms with Crippen molar-refractivity contribution in [3.63, 3.8) is 0 Å². The molecule has 2 aliphatic rings. The molecule has 0 radical (unpaired) electrons. The highest BCUT2D eigenvalue weighted by Gasteiger charge is 2.32. The van der Waals surface area contributed by atoms with Crippen molar-refractivity contribution in [3.05, 3.63) is 0 Å². The van der Waals surface area contributed by atoms with Gasteiger partial charge in [-0.2, -0.15) is 0 Å². The molecule has 0 aromatic carbocycles. The molecule has 2 aliphatic heterocycles. The number of nitrogens with zero attached hydrogens (tertiary/aromatic N) is 1. The van der Waals surface area contributed by atoms with E-state index in [0.29, 0.717) is 6.10 Å². The molecular formula is C13H26N2O2. The molecule has 0 atom stereocenters. The third-order valence-corrected chi connectivity index (χ3v) is 3.99. The number of hydrogen-bond donors (Lipinski definition) is 2. The monoisotopic (exact) mass is 242 g/mol. The van der Waals surface area contributed by atoms with Crippen LogP contribution in [-0.4, -0.2) is 61.0 Å². The van der Waals surface area contributed by atoms with Crippen LogP contribution in [0.5, 0.6) is 0 Å². The zero-order valence-electron chi connectivity index (χ0n) is 11.0. The number of nitrogens with one attached hydrogen (secondary N) is 1. The van der Waals surface area contributed by atoms with Crippen LogP contribution >= 0.6 is 0 Å². The number of piperidine rings is 2. The second-order valence-electron chi connectivity index (χ2n) is 5.41. The Labute approximate surface area is 104 Å². The maximum absolute atomic E-state index is 10.5. The smallest absolute Gasteiger partial charge is 0.0798 e. The standard InChI is InChI=1S/C13H26N2O2/c1-2-17-12-3-9-15(10-4-12)11-13(16)5-7-14-8-6-13/h12,14,16H,2-11H2,1H3. The Morgan fingerprint density at radius 2 is 1.94 bits per heavy atom. The Morgan fingerprint density at radius 3 is 2.53 bits per heavy atom. The molecule has 0 spiro atoms. The second-order valence-corrected chi connectivity index (χ2v) is 5.41. The lowest BCUT2D eigenvalue weighted by Crippen LogP contribution is -2.51. The van der Waals surface area contributed by atoms with Crippen molar-refractivity contribution < 1.29 is 9.84 Å². The quantitative estimate of drug-likeness (QED) is 0.758. The van der Waals surface area contributed by atoms with E-state index in [2.05, 4.69) is 17.1 Å². The first-order chi connectivity index (χ1) is 8.22. The molecule has 2 heterocycles. The lowest BCUT2D eigenvalue weighted by atomic mass is 9.91. The van der Waals surface area contributed by atoms with Gasteiger partial charge in [0, 0.05) is 26.2 Å². The predicted octanol–water partition coefficient (Wildman–Crippen LogP) is 0.602. The summed E-state index contributed by atoms with van der Waals surface area (Å²) in [6.07, 6.45) is 4.44. The van der Waals surface area contributed by atoms with Crippen molar-refractivity contribution in [1.29, 1.82) is 0 Å². The number of likely N-dealkylation sites (tertiary alicyclic amines) is 1. The number of ether oxygens (including phenoxy) is 1. The molecule has 0 saturated carbocycles. The van der Waals surface area contributed by atoms with E-state index in [-0.39, 0.29) is 0 Å². The van der Waals surface area contributed by atoms with Crippen LogP contribution in [0.1, 0.15) is 32.6 Å². The highest BCUT2D eigenvalue weighted by atomic mass is 16.5. The Balaban J connectivity index is 1.73. The van der Waals surface area contributed by atoms with E-state index in [4.69, 9.17) is 4.74 Å². The van der Waals surface area contributed by atoms with Gasteiger partial charge in [0.1, 0.15) is 0 Å². The van der Waals surface area contributed by atoms with Crippen LogP contribution < -0.4 is 5.32 Å². The Kier molecular flexibility index (Phi) is 4.79. The number of hydrogen-bond acceptors (Lipinski definition) is 4. The summed E-state index contributed by atoms with van der Waals surface area (Å²) < 4.78 is 5.65. The van der Waals surface area contributed by atoms with Crippen LogP contribution in [0.15, 0.2) is 0 Å². The van der Waals surface area contributed by atoms with E-state index < -0.39 is 5.60 Å². The largest absolute Gasteiger partial charge is 0.388 e. The summed E-state index contributed by atoms with van der Waals surface area (Å²) in [5.74, 6) is 0. The Morgan fingerprint density at radius 1 is 1.29 bits per heavy atom. The summed E-state index contributed by atoms with van der Waals surface area (Å²) >= 11 is 0. The molecule has 2 saturated heterocycles. The van der Waals surface area contributed by atoms with Crippen LogP contribution in [0.4, 0.5) is 0 Å². The SMILES string of the molecule is CCOC1CCN(CC2(O)CCNCC2)CC1. The van der Waals surface area contributed by atoms with Gasteiger partial charge in [-0.1, -0.05) is 0 Å². The van der Waals surface area contributed by atoms with Gasteiger partial charge >= 0.3 is 0 Å². The minimum atomic E-state index is -0.455. The molecule has 2 fully saturated rings. The molecule has 0 aromatic heterocycles. The van der Waals surface area contributed by atoms with Crippen LogP contribution in [0.25, 0.3) is 0 Å². The minimum absolute atomic E-state index is 0.443. The molecule has 4 nitrogen and oxygen atoms in total. The molecule has 0 amide bonds. The summed E-state index contributed by atoms with van der Waals surface area (Å²) in [5.41, 5.74) is -0.455. The van der Waals surface area contributed by atoms with Crippen LogP contribution in [0, 0.1) is 0 Å². The lowest BCUT2D eigenvalue weighted by Gasteiger charge is -2.40. The van der Waals surface area contributed by atoms with Crippen molar-refractivity contribution in [3.8, 4) is 0 Å². The molecule has 100 valence electrons. The average molecular weight is 242 g/mol. The molecule has 17 heavy (non-hydrogen) atoms. The van der Waals surface area contributed by atoms with E-state index in [1.807, 2.05) is 0 Å². The minimum Gasteiger partial charge on any atom is -0.388 e. The van der Waals surface area contributed by atoms with Gasteiger partial charge in [-0.3, -0.25) is 0 Å². The fourth-order valence-corrected chi connectivity index (χ4v) is 2.94. The van der Waals surface area contributed by atoms with Crippen LogP contribution in [-0.2, 0) is 4.74 Å². The molecule has 2 rings (SSSR count). The summed E-state index contributed by atoms with van der Waals surface area (Å²) in [4.78, 5) is 2.40. The molecule has 0 aromatic rings. The van der Waals surface area contributed by atoms with Gasteiger partial charge in [-0.05, 0) is 45.7 Å². The van der Waals surface area contributed by atoms with Gasteiger partial charge in [-0.15, -0.1) is 0 Å². The van der Waals surface area contributed by atoms with Crippen molar-refractivity contribution in [1.82, 2.24) is 10.2 Å². The third kappa shape index (κ3) is 3.91. The number of rotatable bonds is 4. The maximum atomic E-state index is 10.5. The normalized spacial score (nSPS) is 27.2. The first-order valence-electron chi connectivity index (χ1n) is 6.99. The van der Waals surface area contributed by atoms with Crippen molar-refractivity contribution in [2.75, 3.05) is 39.3 Å². The Bertz CT molecular complexity index is 221. The molecule has 0 bridgehead atoms.